The van der Waals surface area contributed by atoms with E-state index in [9.17, 15) is 4.39 Å². The third-order valence-electron chi connectivity index (χ3n) is 5.75. The van der Waals surface area contributed by atoms with Crippen molar-refractivity contribution in [3.05, 3.63) is 77.3 Å². The molecule has 30 heavy (non-hydrogen) atoms. The number of rotatable bonds is 4. The van der Waals surface area contributed by atoms with E-state index < -0.39 is 0 Å². The van der Waals surface area contributed by atoms with Crippen molar-refractivity contribution < 1.29 is 4.39 Å². The number of hydrogen-bond donors (Lipinski definition) is 0. The van der Waals surface area contributed by atoms with Crippen LogP contribution >= 0.6 is 0 Å². The number of fused-ring (bicyclic) bond motifs is 1. The quantitative estimate of drug-likeness (QED) is 0.657. The minimum absolute atomic E-state index is 0.244. The van der Waals surface area contributed by atoms with Crippen LogP contribution in [0.25, 0.3) is 11.3 Å². The van der Waals surface area contributed by atoms with Gasteiger partial charge in [0.2, 0.25) is 0 Å². The molecule has 6 heteroatoms. The lowest BCUT2D eigenvalue weighted by Gasteiger charge is -2.28. The molecule has 0 radical (unpaired) electrons. The molecule has 4 heterocycles. The van der Waals surface area contributed by atoms with E-state index in [0.29, 0.717) is 0 Å². The number of halogens is 1. The summed E-state index contributed by atoms with van der Waals surface area (Å²) in [5.41, 5.74) is 6.15. The van der Waals surface area contributed by atoms with Crippen LogP contribution in [-0.2, 0) is 19.5 Å². The lowest BCUT2D eigenvalue weighted by molar-refractivity contribution is 0.242. The molecule has 0 saturated carbocycles. The standard InChI is InChI=1S/C24H24FN5/c25-20-5-3-4-18(12-20)21-8-7-17(13-27-21)15-30-11-9-22-19(16-30)14-28-24(29-22)23-6-1-2-10-26-23/h3-5,7-8,12-14H,1-2,6,9-11,15-16H2. The largest absolute Gasteiger partial charge is 0.294 e. The second kappa shape index (κ2) is 8.40. The summed E-state index contributed by atoms with van der Waals surface area (Å²) < 4.78 is 13.4. The number of benzene rings is 1. The Morgan fingerprint density at radius 2 is 1.97 bits per heavy atom. The van der Waals surface area contributed by atoms with E-state index in [1.54, 1.807) is 6.07 Å². The maximum atomic E-state index is 13.4. The van der Waals surface area contributed by atoms with Gasteiger partial charge < -0.3 is 0 Å². The molecule has 0 atom stereocenters. The average molecular weight is 401 g/mol. The van der Waals surface area contributed by atoms with Crippen LogP contribution in [0, 0.1) is 5.82 Å². The van der Waals surface area contributed by atoms with Gasteiger partial charge in [0.05, 0.1) is 17.1 Å². The molecule has 0 fully saturated rings. The van der Waals surface area contributed by atoms with Gasteiger partial charge in [-0.25, -0.2) is 14.4 Å². The van der Waals surface area contributed by atoms with Crippen molar-refractivity contribution >= 4 is 5.71 Å². The summed E-state index contributed by atoms with van der Waals surface area (Å²) >= 11 is 0. The van der Waals surface area contributed by atoms with Crippen molar-refractivity contribution in [2.24, 2.45) is 4.99 Å². The molecule has 2 aliphatic heterocycles. The SMILES string of the molecule is Fc1cccc(-c2ccc(CN3CCc4nc(C5=NCCCC5)ncc4C3)cn2)c1. The number of nitrogens with zero attached hydrogens (tertiary/aromatic N) is 5. The van der Waals surface area contributed by atoms with Gasteiger partial charge >= 0.3 is 0 Å². The predicted molar refractivity (Wildman–Crippen MR) is 115 cm³/mol. The highest BCUT2D eigenvalue weighted by atomic mass is 19.1. The zero-order valence-corrected chi connectivity index (χ0v) is 16.9. The van der Waals surface area contributed by atoms with Crippen molar-refractivity contribution in [2.75, 3.05) is 13.1 Å². The zero-order chi connectivity index (χ0) is 20.3. The van der Waals surface area contributed by atoms with E-state index >= 15 is 0 Å². The normalized spacial score (nSPS) is 16.8. The summed E-state index contributed by atoms with van der Waals surface area (Å²) in [4.78, 5) is 20.9. The minimum atomic E-state index is -0.244. The smallest absolute Gasteiger partial charge is 0.173 e. The summed E-state index contributed by atoms with van der Waals surface area (Å²) in [6, 6.07) is 10.6. The fourth-order valence-corrected chi connectivity index (χ4v) is 4.12. The summed E-state index contributed by atoms with van der Waals surface area (Å²) in [6.07, 6.45) is 8.12. The monoisotopic (exact) mass is 401 g/mol. The van der Waals surface area contributed by atoms with Crippen LogP contribution in [0.5, 0.6) is 0 Å². The van der Waals surface area contributed by atoms with Gasteiger partial charge in [0.1, 0.15) is 5.82 Å². The number of aromatic nitrogens is 3. The van der Waals surface area contributed by atoms with Gasteiger partial charge in [-0.05, 0) is 43.0 Å². The van der Waals surface area contributed by atoms with Crippen LogP contribution < -0.4 is 0 Å². The molecule has 2 aliphatic rings. The second-order valence-electron chi connectivity index (χ2n) is 7.97. The minimum Gasteiger partial charge on any atom is -0.294 e. The zero-order valence-electron chi connectivity index (χ0n) is 16.9. The molecule has 0 N–H and O–H groups in total. The highest BCUT2D eigenvalue weighted by Crippen LogP contribution is 2.22. The Hall–Kier alpha value is -2.99. The third-order valence-corrected chi connectivity index (χ3v) is 5.75. The van der Waals surface area contributed by atoms with Gasteiger partial charge in [-0.15, -0.1) is 0 Å². The van der Waals surface area contributed by atoms with Crippen LogP contribution in [-0.4, -0.2) is 38.7 Å². The first-order valence-electron chi connectivity index (χ1n) is 10.6. The molecule has 3 aromatic rings. The highest BCUT2D eigenvalue weighted by Gasteiger charge is 2.20. The Balaban J connectivity index is 1.26. The average Bonchev–Trinajstić information content (AvgIpc) is 2.80. The first kappa shape index (κ1) is 19.0. The maximum Gasteiger partial charge on any atom is 0.173 e. The van der Waals surface area contributed by atoms with Gasteiger partial charge in [0.15, 0.2) is 5.82 Å². The lowest BCUT2D eigenvalue weighted by Crippen LogP contribution is -2.31. The van der Waals surface area contributed by atoms with E-state index in [4.69, 9.17) is 4.98 Å². The van der Waals surface area contributed by atoms with E-state index in [1.165, 1.54) is 30.5 Å². The Labute approximate surface area is 175 Å². The Morgan fingerprint density at radius 3 is 2.77 bits per heavy atom. The number of hydrogen-bond acceptors (Lipinski definition) is 5. The summed E-state index contributed by atoms with van der Waals surface area (Å²) in [5, 5.41) is 0. The fraction of sp³-hybridized carbons (Fsp3) is 0.333. The van der Waals surface area contributed by atoms with Crippen molar-refractivity contribution in [2.45, 2.75) is 38.8 Å². The van der Waals surface area contributed by atoms with Gasteiger partial charge in [0.25, 0.3) is 0 Å². The first-order chi connectivity index (χ1) is 14.7. The second-order valence-corrected chi connectivity index (χ2v) is 7.97. The molecule has 0 aliphatic carbocycles. The molecule has 152 valence electrons. The Morgan fingerprint density at radius 1 is 1.00 bits per heavy atom. The molecule has 5 rings (SSSR count). The molecule has 2 aromatic heterocycles. The molecule has 1 aromatic carbocycles. The van der Waals surface area contributed by atoms with Gasteiger partial charge in [-0.2, -0.15) is 0 Å². The van der Waals surface area contributed by atoms with Gasteiger partial charge in [0, 0.05) is 56.1 Å². The molecule has 0 spiro atoms. The van der Waals surface area contributed by atoms with Crippen LogP contribution in [0.15, 0.2) is 53.8 Å². The van der Waals surface area contributed by atoms with E-state index in [0.717, 1.165) is 73.1 Å². The van der Waals surface area contributed by atoms with Gasteiger partial charge in [-0.1, -0.05) is 18.2 Å². The summed E-state index contributed by atoms with van der Waals surface area (Å²) in [7, 11) is 0. The molecule has 5 nitrogen and oxygen atoms in total. The third kappa shape index (κ3) is 4.14. The molecule has 0 unspecified atom stereocenters. The Bertz CT molecular complexity index is 1080. The summed E-state index contributed by atoms with van der Waals surface area (Å²) in [5.74, 6) is 0.574. The van der Waals surface area contributed by atoms with Crippen LogP contribution in [0.1, 0.15) is 41.9 Å². The summed E-state index contributed by atoms with van der Waals surface area (Å²) in [6.45, 7) is 3.52. The van der Waals surface area contributed by atoms with Crippen molar-refractivity contribution in [1.29, 1.82) is 0 Å². The van der Waals surface area contributed by atoms with Crippen LogP contribution in [0.4, 0.5) is 4.39 Å². The van der Waals surface area contributed by atoms with E-state index in [-0.39, 0.29) is 5.82 Å². The van der Waals surface area contributed by atoms with Gasteiger partial charge in [-0.3, -0.25) is 14.9 Å². The number of pyridine rings is 1. The van der Waals surface area contributed by atoms with Crippen LogP contribution in [0.2, 0.25) is 0 Å². The molecular formula is C24H24FN5. The molecule has 0 bridgehead atoms. The van der Waals surface area contributed by atoms with Crippen LogP contribution in [0.3, 0.4) is 0 Å². The lowest BCUT2D eigenvalue weighted by atomic mass is 10.0. The van der Waals surface area contributed by atoms with Crippen molar-refractivity contribution in [1.82, 2.24) is 19.9 Å². The predicted octanol–water partition coefficient (Wildman–Crippen LogP) is 4.21. The first-order valence-corrected chi connectivity index (χ1v) is 10.6. The number of aliphatic imine (C=N–C) groups is 1. The van der Waals surface area contributed by atoms with Crippen molar-refractivity contribution in [3.63, 3.8) is 0 Å². The van der Waals surface area contributed by atoms with Crippen molar-refractivity contribution in [3.8, 4) is 11.3 Å². The Kier molecular flexibility index (Phi) is 5.32. The maximum absolute atomic E-state index is 13.4. The highest BCUT2D eigenvalue weighted by molar-refractivity contribution is 5.97. The molecule has 0 amide bonds. The molecule has 0 saturated heterocycles. The molecular weight excluding hydrogens is 377 g/mol. The van der Waals surface area contributed by atoms with E-state index in [2.05, 4.69) is 25.9 Å². The topological polar surface area (TPSA) is 54.3 Å². The van der Waals surface area contributed by atoms with E-state index in [1.807, 2.05) is 24.5 Å². The fourth-order valence-electron chi connectivity index (χ4n) is 4.12.